The molecule has 0 rings (SSSR count). The number of carbonyl (C=O) groups is 1. The van der Waals surface area contributed by atoms with Crippen LogP contribution in [0.2, 0.25) is 0 Å². The fraction of sp³-hybridized carbons (Fsp3) is 0.250. The van der Waals surface area contributed by atoms with Gasteiger partial charge in [0.1, 0.15) is 4.49 Å². The second-order valence-electron chi connectivity index (χ2n) is 1.05. The molecule has 0 heterocycles. The van der Waals surface area contributed by atoms with Crippen LogP contribution < -0.4 is 5.32 Å². The van der Waals surface area contributed by atoms with Crippen molar-refractivity contribution in [2.75, 3.05) is 7.05 Å². The van der Waals surface area contributed by atoms with E-state index in [4.69, 9.17) is 23.2 Å². The second-order valence-corrected chi connectivity index (χ2v) is 2.06. The third-order valence-corrected chi connectivity index (χ3v) is 0.705. The highest BCUT2D eigenvalue weighted by molar-refractivity contribution is 6.56. The Kier molecular flexibility index (Phi) is 3.65. The molecule has 1 amide bonds. The van der Waals surface area contributed by atoms with Crippen LogP contribution >= 0.6 is 23.2 Å². The molecule has 2 nitrogen and oxygen atoms in total. The standard InChI is InChI=1S/C4H5Cl2NO/c1-7-4(8)2-3(5)6/h2H,1H3,(H,7,8). The van der Waals surface area contributed by atoms with Crippen LogP contribution in [0.1, 0.15) is 0 Å². The van der Waals surface area contributed by atoms with Gasteiger partial charge in [0.15, 0.2) is 0 Å². The van der Waals surface area contributed by atoms with Crippen molar-refractivity contribution in [3.8, 4) is 0 Å². The maximum Gasteiger partial charge on any atom is 0.246 e. The lowest BCUT2D eigenvalue weighted by Crippen LogP contribution is -2.14. The molecule has 0 unspecified atom stereocenters. The maximum absolute atomic E-state index is 10.3. The Hall–Kier alpha value is -0.210. The number of rotatable bonds is 1. The van der Waals surface area contributed by atoms with Crippen LogP contribution in [0.25, 0.3) is 0 Å². The number of carbonyl (C=O) groups excluding carboxylic acids is 1. The zero-order chi connectivity index (χ0) is 6.57. The summed E-state index contributed by atoms with van der Waals surface area (Å²) in [6, 6.07) is 0. The summed E-state index contributed by atoms with van der Waals surface area (Å²) in [6.45, 7) is 0. The summed E-state index contributed by atoms with van der Waals surface area (Å²) in [5.41, 5.74) is 0. The van der Waals surface area contributed by atoms with Crippen LogP contribution in [-0.2, 0) is 4.79 Å². The van der Waals surface area contributed by atoms with Gasteiger partial charge in [0.2, 0.25) is 5.91 Å². The van der Waals surface area contributed by atoms with Gasteiger partial charge in [-0.15, -0.1) is 0 Å². The van der Waals surface area contributed by atoms with E-state index in [0.717, 1.165) is 6.08 Å². The molecule has 46 valence electrons. The van der Waals surface area contributed by atoms with E-state index in [-0.39, 0.29) is 10.4 Å². The van der Waals surface area contributed by atoms with E-state index < -0.39 is 0 Å². The van der Waals surface area contributed by atoms with Crippen molar-refractivity contribution in [2.24, 2.45) is 0 Å². The number of nitrogens with one attached hydrogen (secondary N) is 1. The number of halogens is 2. The predicted octanol–water partition coefficient (Wildman–Crippen LogP) is 1.05. The minimum absolute atomic E-state index is 0.0376. The minimum Gasteiger partial charge on any atom is -0.356 e. The molecule has 0 aromatic rings. The molecular weight excluding hydrogens is 149 g/mol. The first kappa shape index (κ1) is 7.79. The van der Waals surface area contributed by atoms with Crippen molar-refractivity contribution >= 4 is 29.1 Å². The van der Waals surface area contributed by atoms with Crippen LogP contribution in [0.4, 0.5) is 0 Å². The molecule has 0 radical (unpaired) electrons. The van der Waals surface area contributed by atoms with E-state index in [2.05, 4.69) is 5.32 Å². The van der Waals surface area contributed by atoms with Gasteiger partial charge in [-0.2, -0.15) is 0 Å². The Balaban J connectivity index is 3.70. The summed E-state index contributed by atoms with van der Waals surface area (Å²) in [7, 11) is 1.50. The highest BCUT2D eigenvalue weighted by Gasteiger charge is 1.90. The lowest BCUT2D eigenvalue weighted by atomic mass is 10.6. The summed E-state index contributed by atoms with van der Waals surface area (Å²) >= 11 is 10.2. The molecule has 0 bridgehead atoms. The highest BCUT2D eigenvalue weighted by atomic mass is 35.5. The highest BCUT2D eigenvalue weighted by Crippen LogP contribution is 2.04. The summed E-state index contributed by atoms with van der Waals surface area (Å²) in [5, 5.41) is 2.31. The van der Waals surface area contributed by atoms with E-state index in [1.54, 1.807) is 0 Å². The van der Waals surface area contributed by atoms with Crippen LogP contribution in [-0.4, -0.2) is 13.0 Å². The van der Waals surface area contributed by atoms with E-state index in [9.17, 15) is 4.79 Å². The van der Waals surface area contributed by atoms with Crippen LogP contribution in [0.15, 0.2) is 10.6 Å². The average molecular weight is 154 g/mol. The van der Waals surface area contributed by atoms with Gasteiger partial charge in [-0.1, -0.05) is 23.2 Å². The van der Waals surface area contributed by atoms with Crippen molar-refractivity contribution < 1.29 is 4.79 Å². The molecule has 0 aromatic heterocycles. The zero-order valence-corrected chi connectivity index (χ0v) is 5.75. The summed E-state index contributed by atoms with van der Waals surface area (Å²) < 4.78 is -0.0376. The molecule has 4 heteroatoms. The third kappa shape index (κ3) is 3.96. The molecule has 0 aliphatic heterocycles. The van der Waals surface area contributed by atoms with E-state index in [1.165, 1.54) is 7.05 Å². The van der Waals surface area contributed by atoms with Gasteiger partial charge in [-0.25, -0.2) is 0 Å². The molecule has 0 aromatic carbocycles. The third-order valence-electron chi connectivity index (χ3n) is 0.487. The van der Waals surface area contributed by atoms with Crippen molar-refractivity contribution in [1.82, 2.24) is 5.32 Å². The molecule has 0 aliphatic carbocycles. The number of likely N-dealkylation sites (N-methyl/N-ethyl adjacent to an activating group) is 1. The van der Waals surface area contributed by atoms with Gasteiger partial charge < -0.3 is 5.32 Å². The number of amides is 1. The Labute approximate surface area is 57.5 Å². The monoisotopic (exact) mass is 153 g/mol. The molecule has 8 heavy (non-hydrogen) atoms. The van der Waals surface area contributed by atoms with Crippen molar-refractivity contribution in [1.29, 1.82) is 0 Å². The summed E-state index contributed by atoms with van der Waals surface area (Å²) in [6.07, 6.45) is 1.09. The van der Waals surface area contributed by atoms with Gasteiger partial charge in [0, 0.05) is 13.1 Å². The number of hydrogen-bond donors (Lipinski definition) is 1. The largest absolute Gasteiger partial charge is 0.356 e. The second kappa shape index (κ2) is 3.75. The first-order chi connectivity index (χ1) is 3.66. The number of hydrogen-bond acceptors (Lipinski definition) is 1. The smallest absolute Gasteiger partial charge is 0.246 e. The van der Waals surface area contributed by atoms with Crippen molar-refractivity contribution in [2.45, 2.75) is 0 Å². The molecule has 0 aliphatic rings. The van der Waals surface area contributed by atoms with Gasteiger partial charge in [0.05, 0.1) is 0 Å². The molecule has 0 saturated heterocycles. The lowest BCUT2D eigenvalue weighted by molar-refractivity contribution is -0.116. The van der Waals surface area contributed by atoms with E-state index in [0.29, 0.717) is 0 Å². The molecule has 0 spiro atoms. The van der Waals surface area contributed by atoms with Gasteiger partial charge in [-0.3, -0.25) is 4.79 Å². The SMILES string of the molecule is CNC(=O)C=C(Cl)Cl. The molecule has 0 fully saturated rings. The Morgan fingerprint density at radius 2 is 2.12 bits per heavy atom. The Bertz CT molecular complexity index is 117. The molecular formula is C4H5Cl2NO. The minimum atomic E-state index is -0.301. The fourth-order valence-corrected chi connectivity index (χ4v) is 0.369. The lowest BCUT2D eigenvalue weighted by Gasteiger charge is -1.86. The average Bonchev–Trinajstić information content (AvgIpc) is 1.65. The van der Waals surface area contributed by atoms with Crippen LogP contribution in [0.3, 0.4) is 0 Å². The predicted molar refractivity (Wildman–Crippen MR) is 33.9 cm³/mol. The first-order valence-corrected chi connectivity index (χ1v) is 2.67. The quantitative estimate of drug-likeness (QED) is 0.562. The Morgan fingerprint density at radius 1 is 1.62 bits per heavy atom. The molecule has 0 saturated carbocycles. The maximum atomic E-state index is 10.3. The zero-order valence-electron chi connectivity index (χ0n) is 4.24. The normalized spacial score (nSPS) is 7.88. The first-order valence-electron chi connectivity index (χ1n) is 1.91. The van der Waals surface area contributed by atoms with Gasteiger partial charge in [-0.05, 0) is 0 Å². The van der Waals surface area contributed by atoms with E-state index >= 15 is 0 Å². The van der Waals surface area contributed by atoms with E-state index in [1.807, 2.05) is 0 Å². The van der Waals surface area contributed by atoms with Gasteiger partial charge >= 0.3 is 0 Å². The van der Waals surface area contributed by atoms with Gasteiger partial charge in [0.25, 0.3) is 0 Å². The molecule has 0 atom stereocenters. The van der Waals surface area contributed by atoms with Crippen molar-refractivity contribution in [3.05, 3.63) is 10.6 Å². The topological polar surface area (TPSA) is 29.1 Å². The fourth-order valence-electron chi connectivity index (χ4n) is 0.171. The summed E-state index contributed by atoms with van der Waals surface area (Å²) in [4.78, 5) is 10.3. The summed E-state index contributed by atoms with van der Waals surface area (Å²) in [5.74, 6) is -0.301. The molecule has 1 N–H and O–H groups in total. The van der Waals surface area contributed by atoms with Crippen LogP contribution in [0, 0.1) is 0 Å². The Morgan fingerprint density at radius 3 is 2.25 bits per heavy atom. The van der Waals surface area contributed by atoms with Crippen LogP contribution in [0.5, 0.6) is 0 Å². The van der Waals surface area contributed by atoms with Crippen molar-refractivity contribution in [3.63, 3.8) is 0 Å².